The highest BCUT2D eigenvalue weighted by molar-refractivity contribution is 6.75. The van der Waals surface area contributed by atoms with E-state index in [9.17, 15) is 4.79 Å². The molecule has 0 atom stereocenters. The smallest absolute Gasteiger partial charge is 0.407 e. The zero-order chi connectivity index (χ0) is 14.4. The molecule has 0 spiro atoms. The number of ether oxygens (including phenoxy) is 1. The summed E-state index contributed by atoms with van der Waals surface area (Å²) < 4.78 is 5.03. The predicted molar refractivity (Wildman–Crippen MR) is 82.7 cm³/mol. The van der Waals surface area contributed by atoms with E-state index in [2.05, 4.69) is 57.3 Å². The highest BCUT2D eigenvalue weighted by Crippen LogP contribution is 2.20. The maximum absolute atomic E-state index is 11.0. The fourth-order valence-electron chi connectivity index (χ4n) is 2.60. The fourth-order valence-corrected chi connectivity index (χ4v) is 6.31. The first-order valence-electron chi connectivity index (χ1n) is 6.89. The van der Waals surface area contributed by atoms with E-state index in [1.165, 1.54) is 5.19 Å². The van der Waals surface area contributed by atoms with Gasteiger partial charge in [0.05, 0.1) is 8.80 Å². The van der Waals surface area contributed by atoms with E-state index >= 15 is 0 Å². The Morgan fingerprint density at radius 3 is 2.11 bits per heavy atom. The Labute approximate surface area is 118 Å². The van der Waals surface area contributed by atoms with Crippen LogP contribution in [0, 0.1) is 0 Å². The van der Waals surface area contributed by atoms with Gasteiger partial charge in [-0.1, -0.05) is 57.1 Å². The molecule has 0 heterocycles. The fraction of sp³-hybridized carbons (Fsp3) is 0.533. The Hall–Kier alpha value is -1.29. The van der Waals surface area contributed by atoms with E-state index in [0.717, 1.165) is 16.6 Å². The summed E-state index contributed by atoms with van der Waals surface area (Å²) in [7, 11) is 0.637. The second kappa shape index (κ2) is 7.33. The van der Waals surface area contributed by atoms with Crippen LogP contribution in [0.15, 0.2) is 24.3 Å². The molecular weight excluding hydrogens is 254 g/mol. The molecule has 0 bridgehead atoms. The topological polar surface area (TPSA) is 38.3 Å². The van der Waals surface area contributed by atoms with Crippen molar-refractivity contribution in [3.8, 4) is 0 Å². The molecule has 0 aromatic heterocycles. The minimum Gasteiger partial charge on any atom is -0.445 e. The molecule has 0 saturated carbocycles. The highest BCUT2D eigenvalue weighted by Gasteiger charge is 2.21. The number of carbonyl (C=O) groups is 1. The van der Waals surface area contributed by atoms with Crippen LogP contribution in [0.2, 0.25) is 11.1 Å². The molecule has 0 saturated heterocycles. The van der Waals surface area contributed by atoms with Crippen molar-refractivity contribution < 1.29 is 9.53 Å². The van der Waals surface area contributed by atoms with Gasteiger partial charge in [-0.05, 0) is 16.6 Å². The molecule has 0 aliphatic rings. The molecular formula is C15H25NO2Si. The van der Waals surface area contributed by atoms with Gasteiger partial charge in [-0.25, -0.2) is 4.79 Å². The molecule has 0 fully saturated rings. The lowest BCUT2D eigenvalue weighted by Gasteiger charge is -2.23. The molecule has 19 heavy (non-hydrogen) atoms. The van der Waals surface area contributed by atoms with Gasteiger partial charge in [0.2, 0.25) is 0 Å². The van der Waals surface area contributed by atoms with Crippen LogP contribution in [-0.2, 0) is 11.3 Å². The number of hydrogen-bond acceptors (Lipinski definition) is 2. The molecule has 1 amide bonds. The number of rotatable bonds is 5. The van der Waals surface area contributed by atoms with Crippen LogP contribution in [0.5, 0.6) is 0 Å². The zero-order valence-electron chi connectivity index (χ0n) is 12.6. The van der Waals surface area contributed by atoms with Crippen molar-refractivity contribution in [2.45, 2.75) is 45.4 Å². The Kier molecular flexibility index (Phi) is 6.08. The molecule has 4 heteroatoms. The van der Waals surface area contributed by atoms with Gasteiger partial charge < -0.3 is 10.1 Å². The quantitative estimate of drug-likeness (QED) is 0.842. The SMILES string of the molecule is CNC(=O)OCc1ccc([SiH](C(C)C)C(C)C)cc1. The summed E-state index contributed by atoms with van der Waals surface area (Å²) in [5.41, 5.74) is 2.55. The van der Waals surface area contributed by atoms with Crippen LogP contribution < -0.4 is 10.5 Å². The summed E-state index contributed by atoms with van der Waals surface area (Å²) in [4.78, 5) is 11.0. The number of carbonyl (C=O) groups excluding carboxylic acids is 1. The third kappa shape index (κ3) is 4.71. The molecule has 0 radical (unpaired) electrons. The third-order valence-corrected chi connectivity index (χ3v) is 7.40. The van der Waals surface area contributed by atoms with Gasteiger partial charge in [-0.15, -0.1) is 0 Å². The van der Waals surface area contributed by atoms with Crippen molar-refractivity contribution in [1.29, 1.82) is 0 Å². The molecule has 0 aliphatic carbocycles. The first-order valence-corrected chi connectivity index (χ1v) is 8.80. The van der Waals surface area contributed by atoms with E-state index in [0.29, 0.717) is 6.61 Å². The lowest BCUT2D eigenvalue weighted by Crippen LogP contribution is -2.35. The maximum Gasteiger partial charge on any atom is 0.407 e. The molecule has 0 aliphatic heterocycles. The minimum atomic E-state index is -0.925. The van der Waals surface area contributed by atoms with E-state index < -0.39 is 8.80 Å². The van der Waals surface area contributed by atoms with Gasteiger partial charge in [0.25, 0.3) is 0 Å². The first kappa shape index (κ1) is 15.8. The van der Waals surface area contributed by atoms with E-state index in [4.69, 9.17) is 4.74 Å². The lowest BCUT2D eigenvalue weighted by atomic mass is 10.2. The second-order valence-corrected chi connectivity index (χ2v) is 9.97. The van der Waals surface area contributed by atoms with Crippen LogP contribution in [0.25, 0.3) is 0 Å². The molecule has 106 valence electrons. The number of benzene rings is 1. The Balaban J connectivity index is 2.72. The zero-order valence-corrected chi connectivity index (χ0v) is 13.7. The molecule has 1 aromatic carbocycles. The van der Waals surface area contributed by atoms with Crippen molar-refractivity contribution in [1.82, 2.24) is 5.32 Å². The van der Waals surface area contributed by atoms with E-state index in [1.54, 1.807) is 7.05 Å². The summed E-state index contributed by atoms with van der Waals surface area (Å²) in [6.07, 6.45) is -0.388. The van der Waals surface area contributed by atoms with Crippen molar-refractivity contribution >= 4 is 20.1 Å². The first-order chi connectivity index (χ1) is 8.95. The summed E-state index contributed by atoms with van der Waals surface area (Å²) in [5.74, 6) is 0. The number of hydrogen-bond donors (Lipinski definition) is 1. The monoisotopic (exact) mass is 279 g/mol. The number of amides is 1. The molecule has 1 rings (SSSR count). The van der Waals surface area contributed by atoms with Gasteiger partial charge in [-0.3, -0.25) is 0 Å². The van der Waals surface area contributed by atoms with Gasteiger partial charge in [-0.2, -0.15) is 0 Å². The van der Waals surface area contributed by atoms with Crippen molar-refractivity contribution in [3.63, 3.8) is 0 Å². The van der Waals surface area contributed by atoms with Crippen molar-refractivity contribution in [3.05, 3.63) is 29.8 Å². The van der Waals surface area contributed by atoms with Crippen LogP contribution in [-0.4, -0.2) is 21.9 Å². The summed E-state index contributed by atoms with van der Waals surface area (Å²) in [5, 5.41) is 3.93. The van der Waals surface area contributed by atoms with Crippen molar-refractivity contribution in [2.75, 3.05) is 7.05 Å². The average molecular weight is 279 g/mol. The minimum absolute atomic E-state index is 0.329. The maximum atomic E-state index is 11.0. The Morgan fingerprint density at radius 1 is 1.16 bits per heavy atom. The Bertz CT molecular complexity index is 393. The van der Waals surface area contributed by atoms with Gasteiger partial charge in [0.1, 0.15) is 6.61 Å². The number of alkyl carbamates (subject to hydrolysis) is 1. The van der Waals surface area contributed by atoms with Crippen LogP contribution in [0.3, 0.4) is 0 Å². The molecule has 1 N–H and O–H groups in total. The second-order valence-electron chi connectivity index (χ2n) is 5.58. The summed E-state index contributed by atoms with van der Waals surface area (Å²) >= 11 is 0. The van der Waals surface area contributed by atoms with Gasteiger partial charge in [0.15, 0.2) is 0 Å². The summed E-state index contributed by atoms with van der Waals surface area (Å²) in [6.45, 7) is 9.60. The van der Waals surface area contributed by atoms with Crippen LogP contribution in [0.1, 0.15) is 33.3 Å². The molecule has 0 unspecified atom stereocenters. The molecule has 3 nitrogen and oxygen atoms in total. The van der Waals surface area contributed by atoms with Crippen molar-refractivity contribution in [2.24, 2.45) is 0 Å². The predicted octanol–water partition coefficient (Wildman–Crippen LogP) is 2.80. The number of nitrogens with one attached hydrogen (secondary N) is 1. The largest absolute Gasteiger partial charge is 0.445 e. The van der Waals surface area contributed by atoms with Crippen LogP contribution in [0.4, 0.5) is 4.79 Å². The normalized spacial score (nSPS) is 11.2. The van der Waals surface area contributed by atoms with Gasteiger partial charge in [0, 0.05) is 7.05 Å². The summed E-state index contributed by atoms with van der Waals surface area (Å²) in [6, 6.07) is 8.56. The lowest BCUT2D eigenvalue weighted by molar-refractivity contribution is 0.142. The third-order valence-electron chi connectivity index (χ3n) is 3.38. The Morgan fingerprint density at radius 2 is 1.68 bits per heavy atom. The standard InChI is InChI=1S/C15H25NO2Si/c1-11(2)19(12(3)4)14-8-6-13(7-9-14)10-18-15(17)16-5/h6-9,11-12,19H,10H2,1-5H3,(H,16,17). The van der Waals surface area contributed by atoms with Gasteiger partial charge >= 0.3 is 6.09 Å². The molecule has 1 aromatic rings. The van der Waals surface area contributed by atoms with E-state index in [-0.39, 0.29) is 6.09 Å². The van der Waals surface area contributed by atoms with Crippen LogP contribution >= 0.6 is 0 Å². The average Bonchev–Trinajstić information content (AvgIpc) is 2.36. The highest BCUT2D eigenvalue weighted by atomic mass is 28.3. The van der Waals surface area contributed by atoms with E-state index in [1.807, 2.05) is 0 Å².